The molecule has 32 heavy (non-hydrogen) atoms. The molecular weight excluding hydrogens is 398 g/mol. The molecule has 1 aliphatic carbocycles. The number of para-hydroxylation sites is 2. The Balaban J connectivity index is 1.68. The van der Waals surface area contributed by atoms with Crippen molar-refractivity contribution in [1.29, 1.82) is 0 Å². The quantitative estimate of drug-likeness (QED) is 0.396. The van der Waals surface area contributed by atoms with Crippen molar-refractivity contribution < 1.29 is 9.84 Å². The second kappa shape index (κ2) is 10.8. The third-order valence-corrected chi connectivity index (χ3v) is 6.07. The largest absolute Gasteiger partial charge is 0.439 e. The van der Waals surface area contributed by atoms with E-state index in [9.17, 15) is 5.11 Å². The predicted octanol–water partition coefficient (Wildman–Crippen LogP) is 5.74. The van der Waals surface area contributed by atoms with Crippen LogP contribution in [0.15, 0.2) is 60.7 Å². The molecule has 1 N–H and O–H groups in total. The van der Waals surface area contributed by atoms with E-state index in [1.54, 1.807) is 0 Å². The fourth-order valence-corrected chi connectivity index (χ4v) is 4.16. The van der Waals surface area contributed by atoms with Gasteiger partial charge in [-0.3, -0.25) is 4.90 Å². The van der Waals surface area contributed by atoms with Gasteiger partial charge in [0.15, 0.2) is 0 Å². The number of rotatable bonds is 12. The van der Waals surface area contributed by atoms with Crippen LogP contribution in [0.3, 0.4) is 0 Å². The van der Waals surface area contributed by atoms with E-state index in [1.165, 1.54) is 12.8 Å². The van der Waals surface area contributed by atoms with E-state index in [-0.39, 0.29) is 6.10 Å². The maximum atomic E-state index is 10.6. The number of aryl methyl sites for hydroxylation is 1. The molecule has 1 aromatic heterocycles. The lowest BCUT2D eigenvalue weighted by atomic mass is 10.1. The van der Waals surface area contributed by atoms with Crippen molar-refractivity contribution in [2.24, 2.45) is 0 Å². The van der Waals surface area contributed by atoms with Crippen LogP contribution in [0.2, 0.25) is 0 Å². The molecule has 0 radical (unpaired) electrons. The molecule has 0 saturated heterocycles. The third-order valence-electron chi connectivity index (χ3n) is 6.07. The summed E-state index contributed by atoms with van der Waals surface area (Å²) in [5.74, 6) is 1.57. The first-order valence-electron chi connectivity index (χ1n) is 12.0. The Hall–Kier alpha value is -2.63. The molecule has 0 aliphatic heterocycles. The lowest BCUT2D eigenvalue weighted by Gasteiger charge is -2.25. The molecule has 1 atom stereocenters. The number of benzene rings is 2. The lowest BCUT2D eigenvalue weighted by molar-refractivity contribution is 0.0949. The third kappa shape index (κ3) is 5.59. The zero-order valence-electron chi connectivity index (χ0n) is 19.3. The maximum absolute atomic E-state index is 10.6. The van der Waals surface area contributed by atoms with E-state index in [0.29, 0.717) is 12.6 Å². The monoisotopic (exact) mass is 433 g/mol. The molecule has 1 aliphatic rings. The number of hydrogen-bond acceptors (Lipinski definition) is 4. The first-order valence-corrected chi connectivity index (χ1v) is 12.0. The topological polar surface area (TPSA) is 50.5 Å². The fraction of sp³-hybridized carbons (Fsp3) is 0.444. The Labute approximate surface area is 191 Å². The Morgan fingerprint density at radius 2 is 1.75 bits per heavy atom. The molecule has 0 bridgehead atoms. The van der Waals surface area contributed by atoms with E-state index < -0.39 is 0 Å². The van der Waals surface area contributed by atoms with E-state index in [2.05, 4.69) is 30.9 Å². The zero-order valence-corrected chi connectivity index (χ0v) is 19.3. The van der Waals surface area contributed by atoms with Gasteiger partial charge in [0.1, 0.15) is 5.75 Å². The second-order valence-electron chi connectivity index (χ2n) is 8.70. The highest BCUT2D eigenvalue weighted by Crippen LogP contribution is 2.35. The minimum Gasteiger partial charge on any atom is -0.439 e. The normalized spacial score (nSPS) is 14.6. The highest BCUT2D eigenvalue weighted by molar-refractivity contribution is 5.43. The van der Waals surface area contributed by atoms with Crippen LogP contribution >= 0.6 is 0 Å². The molecule has 0 spiro atoms. The summed E-state index contributed by atoms with van der Waals surface area (Å²) in [5, 5.41) is 15.6. The van der Waals surface area contributed by atoms with Crippen molar-refractivity contribution in [3.05, 3.63) is 71.9 Å². The molecule has 0 unspecified atom stereocenters. The summed E-state index contributed by atoms with van der Waals surface area (Å²) in [6, 6.07) is 20.6. The van der Waals surface area contributed by atoms with Gasteiger partial charge in [-0.1, -0.05) is 63.1 Å². The maximum Gasteiger partial charge on any atom is 0.227 e. The SMILES string of the molecule is CCCC[C@H](O)CN(Cc1c(CC)nn(-c2ccccc2)c1Oc1ccccc1)C1CC1. The van der Waals surface area contributed by atoms with Gasteiger partial charge in [0.25, 0.3) is 0 Å². The van der Waals surface area contributed by atoms with Crippen molar-refractivity contribution in [2.45, 2.75) is 71.1 Å². The molecule has 1 saturated carbocycles. The van der Waals surface area contributed by atoms with Crippen molar-refractivity contribution in [1.82, 2.24) is 14.7 Å². The second-order valence-corrected chi connectivity index (χ2v) is 8.70. The van der Waals surface area contributed by atoms with Gasteiger partial charge in [-0.15, -0.1) is 0 Å². The van der Waals surface area contributed by atoms with Crippen molar-refractivity contribution in [3.63, 3.8) is 0 Å². The van der Waals surface area contributed by atoms with Crippen LogP contribution in [-0.2, 0) is 13.0 Å². The average Bonchev–Trinajstić information content (AvgIpc) is 3.62. The highest BCUT2D eigenvalue weighted by Gasteiger charge is 2.32. The van der Waals surface area contributed by atoms with Crippen LogP contribution in [0.1, 0.15) is 57.2 Å². The average molecular weight is 434 g/mol. The lowest BCUT2D eigenvalue weighted by Crippen LogP contribution is -2.34. The molecule has 0 amide bonds. The van der Waals surface area contributed by atoms with Crippen LogP contribution in [0.25, 0.3) is 5.69 Å². The summed E-state index contributed by atoms with van der Waals surface area (Å²) in [4.78, 5) is 2.43. The minimum atomic E-state index is -0.289. The number of hydrogen-bond donors (Lipinski definition) is 1. The van der Waals surface area contributed by atoms with Gasteiger partial charge in [0, 0.05) is 19.1 Å². The fourth-order valence-electron chi connectivity index (χ4n) is 4.16. The van der Waals surface area contributed by atoms with Crippen LogP contribution in [0.4, 0.5) is 0 Å². The van der Waals surface area contributed by atoms with Crippen molar-refractivity contribution >= 4 is 0 Å². The van der Waals surface area contributed by atoms with Gasteiger partial charge < -0.3 is 9.84 Å². The summed E-state index contributed by atoms with van der Waals surface area (Å²) < 4.78 is 8.39. The van der Waals surface area contributed by atoms with Gasteiger partial charge in [0.2, 0.25) is 5.88 Å². The van der Waals surface area contributed by atoms with Gasteiger partial charge in [-0.2, -0.15) is 5.10 Å². The Morgan fingerprint density at radius 3 is 2.38 bits per heavy atom. The Kier molecular flexibility index (Phi) is 7.61. The van der Waals surface area contributed by atoms with Crippen molar-refractivity contribution in [2.75, 3.05) is 6.54 Å². The van der Waals surface area contributed by atoms with Gasteiger partial charge in [-0.25, -0.2) is 4.68 Å². The van der Waals surface area contributed by atoms with E-state index in [4.69, 9.17) is 9.84 Å². The Morgan fingerprint density at radius 1 is 1.06 bits per heavy atom. The molecule has 4 rings (SSSR count). The number of aromatic nitrogens is 2. The van der Waals surface area contributed by atoms with Crippen LogP contribution in [-0.4, -0.2) is 38.5 Å². The first-order chi connectivity index (χ1) is 15.7. The van der Waals surface area contributed by atoms with Crippen molar-refractivity contribution in [3.8, 4) is 17.3 Å². The molecule has 1 heterocycles. The number of ether oxygens (including phenoxy) is 1. The van der Waals surface area contributed by atoms with Crippen LogP contribution in [0, 0.1) is 0 Å². The van der Waals surface area contributed by atoms with Crippen LogP contribution < -0.4 is 4.74 Å². The van der Waals surface area contributed by atoms with Gasteiger partial charge in [0.05, 0.1) is 23.0 Å². The van der Waals surface area contributed by atoms with Gasteiger partial charge >= 0.3 is 0 Å². The molecule has 2 aromatic carbocycles. The predicted molar refractivity (Wildman–Crippen MR) is 128 cm³/mol. The van der Waals surface area contributed by atoms with E-state index in [1.807, 2.05) is 53.2 Å². The standard InChI is InChI=1S/C27H35N3O2/c1-3-5-14-23(31)19-29(21-17-18-21)20-25-26(4-2)28-30(22-12-8-6-9-13-22)27(25)32-24-15-10-7-11-16-24/h6-13,15-16,21,23,31H,3-5,14,17-20H2,1-2H3/t23-/m0/s1. The molecular formula is C27H35N3O2. The molecule has 1 fully saturated rings. The molecule has 170 valence electrons. The summed E-state index contributed by atoms with van der Waals surface area (Å²) in [7, 11) is 0. The summed E-state index contributed by atoms with van der Waals surface area (Å²) in [5.41, 5.74) is 3.16. The molecule has 5 heteroatoms. The smallest absolute Gasteiger partial charge is 0.227 e. The van der Waals surface area contributed by atoms with E-state index >= 15 is 0 Å². The highest BCUT2D eigenvalue weighted by atomic mass is 16.5. The minimum absolute atomic E-state index is 0.289. The zero-order chi connectivity index (χ0) is 22.3. The van der Waals surface area contributed by atoms with Gasteiger partial charge in [-0.05, 0) is 49.9 Å². The number of unbranched alkanes of at least 4 members (excludes halogenated alkanes) is 1. The number of nitrogens with zero attached hydrogens (tertiary/aromatic N) is 3. The molecule has 3 aromatic rings. The summed E-state index contributed by atoms with van der Waals surface area (Å²) in [6.45, 7) is 5.76. The first kappa shape index (κ1) is 22.6. The number of aliphatic hydroxyl groups is 1. The molecule has 5 nitrogen and oxygen atoms in total. The van der Waals surface area contributed by atoms with Crippen LogP contribution in [0.5, 0.6) is 11.6 Å². The Bertz CT molecular complexity index is 967. The summed E-state index contributed by atoms with van der Waals surface area (Å²) in [6.07, 6.45) is 5.97. The number of aliphatic hydroxyl groups excluding tert-OH is 1. The van der Waals surface area contributed by atoms with E-state index in [0.717, 1.165) is 60.8 Å². The summed E-state index contributed by atoms with van der Waals surface area (Å²) >= 11 is 0.